The molecule has 0 aliphatic carbocycles. The molecule has 4 nitrogen and oxygen atoms in total. The van der Waals surface area contributed by atoms with Gasteiger partial charge in [-0.2, -0.15) is 0 Å². The molecule has 0 heterocycles. The van der Waals surface area contributed by atoms with Gasteiger partial charge in [0.1, 0.15) is 5.82 Å². The van der Waals surface area contributed by atoms with Gasteiger partial charge in [-0.05, 0) is 51.8 Å². The zero-order chi connectivity index (χ0) is 14.5. The Bertz CT molecular complexity index is 634. The number of halogens is 2. The summed E-state index contributed by atoms with van der Waals surface area (Å²) in [6.45, 7) is 0.541. The molecule has 2 amide bonds. The molecule has 0 fully saturated rings. The van der Waals surface area contributed by atoms with Crippen LogP contribution in [0, 0.1) is 5.82 Å². The molecule has 0 saturated heterocycles. The highest BCUT2D eigenvalue weighted by Gasteiger charge is 2.01. The number of nitrogens with two attached hydrogens (primary N) is 1. The van der Waals surface area contributed by atoms with Crippen LogP contribution in [-0.4, -0.2) is 6.03 Å². The molecule has 0 unspecified atom stereocenters. The van der Waals surface area contributed by atoms with Crippen molar-refractivity contribution < 1.29 is 9.18 Å². The fourth-order valence-corrected chi connectivity index (χ4v) is 2.13. The summed E-state index contributed by atoms with van der Waals surface area (Å²) in [4.78, 5) is 10.8. The summed E-state index contributed by atoms with van der Waals surface area (Å²) in [5, 5.41) is 5.69. The Kier molecular flexibility index (Phi) is 4.57. The molecule has 0 radical (unpaired) electrons. The molecule has 6 heteroatoms. The minimum atomic E-state index is -0.607. The van der Waals surface area contributed by atoms with Crippen LogP contribution in [0.2, 0.25) is 0 Å². The van der Waals surface area contributed by atoms with Gasteiger partial charge in [0.15, 0.2) is 0 Å². The van der Waals surface area contributed by atoms with Gasteiger partial charge in [-0.1, -0.05) is 12.1 Å². The van der Waals surface area contributed by atoms with Crippen molar-refractivity contribution in [3.05, 3.63) is 58.3 Å². The Hall–Kier alpha value is -2.08. The fourth-order valence-electron chi connectivity index (χ4n) is 1.70. The van der Waals surface area contributed by atoms with Crippen molar-refractivity contribution in [2.24, 2.45) is 5.73 Å². The van der Waals surface area contributed by atoms with Gasteiger partial charge in [0.25, 0.3) is 0 Å². The first-order valence-electron chi connectivity index (χ1n) is 5.89. The number of benzene rings is 2. The van der Waals surface area contributed by atoms with Crippen molar-refractivity contribution in [3.63, 3.8) is 0 Å². The third kappa shape index (κ3) is 3.96. The van der Waals surface area contributed by atoms with Crippen molar-refractivity contribution >= 4 is 33.3 Å². The predicted molar refractivity (Wildman–Crippen MR) is 81.1 cm³/mol. The van der Waals surface area contributed by atoms with Crippen molar-refractivity contribution in [1.82, 2.24) is 0 Å². The standard InChI is InChI=1S/C14H13BrFN3O/c15-12-6-9(4-5-13(12)16)8-18-10-2-1-3-11(7-10)19-14(17)20/h1-7,18H,8H2,(H3,17,19,20). The van der Waals surface area contributed by atoms with Gasteiger partial charge in [0.05, 0.1) is 4.47 Å². The average Bonchev–Trinajstić information content (AvgIpc) is 2.40. The van der Waals surface area contributed by atoms with Crippen molar-refractivity contribution in [2.75, 3.05) is 10.6 Å². The predicted octanol–water partition coefficient (Wildman–Crippen LogP) is 3.69. The van der Waals surface area contributed by atoms with Crippen LogP contribution in [0.25, 0.3) is 0 Å². The van der Waals surface area contributed by atoms with Crippen molar-refractivity contribution in [1.29, 1.82) is 0 Å². The van der Waals surface area contributed by atoms with E-state index in [0.29, 0.717) is 16.7 Å². The molecule has 104 valence electrons. The van der Waals surface area contributed by atoms with Gasteiger partial charge in [-0.25, -0.2) is 9.18 Å². The van der Waals surface area contributed by atoms with Crippen LogP contribution < -0.4 is 16.4 Å². The maximum atomic E-state index is 13.1. The van der Waals surface area contributed by atoms with Crippen LogP contribution in [0.15, 0.2) is 46.9 Å². The van der Waals surface area contributed by atoms with E-state index in [0.717, 1.165) is 11.3 Å². The number of primary amides is 1. The number of nitrogens with one attached hydrogen (secondary N) is 2. The summed E-state index contributed by atoms with van der Waals surface area (Å²) >= 11 is 3.15. The Morgan fingerprint density at radius 2 is 1.95 bits per heavy atom. The summed E-state index contributed by atoms with van der Waals surface area (Å²) in [5.41, 5.74) is 7.44. The zero-order valence-electron chi connectivity index (χ0n) is 10.5. The lowest BCUT2D eigenvalue weighted by molar-refractivity contribution is 0.259. The van der Waals surface area contributed by atoms with Crippen molar-refractivity contribution in [2.45, 2.75) is 6.54 Å². The fraction of sp³-hybridized carbons (Fsp3) is 0.0714. The lowest BCUT2D eigenvalue weighted by atomic mass is 10.2. The number of urea groups is 1. The largest absolute Gasteiger partial charge is 0.381 e. The first-order chi connectivity index (χ1) is 9.54. The molecular weight excluding hydrogens is 325 g/mol. The number of carbonyl (C=O) groups is 1. The van der Waals surface area contributed by atoms with Gasteiger partial charge >= 0.3 is 6.03 Å². The van der Waals surface area contributed by atoms with E-state index in [1.54, 1.807) is 30.3 Å². The number of rotatable bonds is 4. The highest BCUT2D eigenvalue weighted by Crippen LogP contribution is 2.19. The topological polar surface area (TPSA) is 67.2 Å². The van der Waals surface area contributed by atoms with Gasteiger partial charge in [0.2, 0.25) is 0 Å². The summed E-state index contributed by atoms with van der Waals surface area (Å²) in [5.74, 6) is -0.290. The molecule has 0 saturated carbocycles. The Morgan fingerprint density at radius 1 is 1.20 bits per heavy atom. The van der Waals surface area contributed by atoms with Crippen LogP contribution in [-0.2, 0) is 6.54 Å². The minimum Gasteiger partial charge on any atom is -0.381 e. The summed E-state index contributed by atoms with van der Waals surface area (Å²) < 4.78 is 13.5. The average molecular weight is 338 g/mol. The second-order valence-electron chi connectivity index (χ2n) is 4.17. The SMILES string of the molecule is NC(=O)Nc1cccc(NCc2ccc(F)c(Br)c2)c1. The molecule has 0 atom stereocenters. The van der Waals surface area contributed by atoms with Crippen LogP contribution in [0.5, 0.6) is 0 Å². The highest BCUT2D eigenvalue weighted by molar-refractivity contribution is 9.10. The molecule has 0 aromatic heterocycles. The molecule has 2 aromatic carbocycles. The van der Waals surface area contributed by atoms with Gasteiger partial charge in [0, 0.05) is 17.9 Å². The molecule has 2 rings (SSSR count). The molecular formula is C14H13BrFN3O. The van der Waals surface area contributed by atoms with E-state index in [9.17, 15) is 9.18 Å². The number of hydrogen-bond donors (Lipinski definition) is 3. The molecule has 0 spiro atoms. The van der Waals surface area contributed by atoms with E-state index >= 15 is 0 Å². The Morgan fingerprint density at radius 3 is 2.65 bits per heavy atom. The smallest absolute Gasteiger partial charge is 0.316 e. The molecule has 2 aromatic rings. The lowest BCUT2D eigenvalue weighted by Gasteiger charge is -2.09. The summed E-state index contributed by atoms with van der Waals surface area (Å²) in [6, 6.07) is 11.4. The van der Waals surface area contributed by atoms with Gasteiger partial charge in [-0.15, -0.1) is 0 Å². The molecule has 0 aliphatic heterocycles. The monoisotopic (exact) mass is 337 g/mol. The van der Waals surface area contributed by atoms with Gasteiger partial charge < -0.3 is 16.4 Å². The molecule has 20 heavy (non-hydrogen) atoms. The quantitative estimate of drug-likeness (QED) is 0.796. The third-order valence-corrected chi connectivity index (χ3v) is 3.22. The number of carbonyl (C=O) groups excluding carboxylic acids is 1. The number of amides is 2. The Balaban J connectivity index is 2.03. The first-order valence-corrected chi connectivity index (χ1v) is 6.68. The first kappa shape index (κ1) is 14.3. The van der Waals surface area contributed by atoms with E-state index in [1.807, 2.05) is 6.07 Å². The minimum absolute atomic E-state index is 0.290. The third-order valence-electron chi connectivity index (χ3n) is 2.61. The molecule has 0 aliphatic rings. The van der Waals surface area contributed by atoms with E-state index in [-0.39, 0.29) is 5.82 Å². The van der Waals surface area contributed by atoms with Crippen LogP contribution in [0.1, 0.15) is 5.56 Å². The van der Waals surface area contributed by atoms with Crippen LogP contribution in [0.4, 0.5) is 20.6 Å². The van der Waals surface area contributed by atoms with E-state index in [2.05, 4.69) is 26.6 Å². The molecule has 0 bridgehead atoms. The lowest BCUT2D eigenvalue weighted by Crippen LogP contribution is -2.19. The van der Waals surface area contributed by atoms with E-state index in [1.165, 1.54) is 6.07 Å². The van der Waals surface area contributed by atoms with E-state index < -0.39 is 6.03 Å². The second-order valence-corrected chi connectivity index (χ2v) is 5.03. The normalized spacial score (nSPS) is 10.1. The highest BCUT2D eigenvalue weighted by atomic mass is 79.9. The van der Waals surface area contributed by atoms with Gasteiger partial charge in [-0.3, -0.25) is 0 Å². The summed E-state index contributed by atoms with van der Waals surface area (Å²) in [6.07, 6.45) is 0. The number of hydrogen-bond acceptors (Lipinski definition) is 2. The second kappa shape index (κ2) is 6.38. The number of anilines is 2. The van der Waals surface area contributed by atoms with Crippen molar-refractivity contribution in [3.8, 4) is 0 Å². The molecule has 4 N–H and O–H groups in total. The maximum absolute atomic E-state index is 13.1. The zero-order valence-corrected chi connectivity index (χ0v) is 12.1. The van der Waals surface area contributed by atoms with Crippen LogP contribution in [0.3, 0.4) is 0 Å². The Labute approximate surface area is 124 Å². The van der Waals surface area contributed by atoms with Crippen LogP contribution >= 0.6 is 15.9 Å². The van der Waals surface area contributed by atoms with E-state index in [4.69, 9.17) is 5.73 Å². The maximum Gasteiger partial charge on any atom is 0.316 e. The summed E-state index contributed by atoms with van der Waals surface area (Å²) in [7, 11) is 0.